The van der Waals surface area contributed by atoms with Gasteiger partial charge in [0.25, 0.3) is 0 Å². The van der Waals surface area contributed by atoms with Gasteiger partial charge in [-0.15, -0.1) is 0 Å². The minimum Gasteiger partial charge on any atom is -0.399 e. The number of hydrogen-bond acceptors (Lipinski definition) is 5. The van der Waals surface area contributed by atoms with E-state index in [1.54, 1.807) is 6.07 Å². The number of amides is 1. The summed E-state index contributed by atoms with van der Waals surface area (Å²) in [6, 6.07) is 7.94. The van der Waals surface area contributed by atoms with E-state index in [0.29, 0.717) is 17.4 Å². The largest absolute Gasteiger partial charge is 0.494 e. The summed E-state index contributed by atoms with van der Waals surface area (Å²) in [7, 11) is -4.76. The lowest BCUT2D eigenvalue weighted by molar-refractivity contribution is -0.124. The second-order valence-corrected chi connectivity index (χ2v) is 12.5. The second kappa shape index (κ2) is 9.52. The van der Waals surface area contributed by atoms with Crippen LogP contribution in [0.15, 0.2) is 47.4 Å². The average molecular weight is 520 g/mol. The first-order valence-corrected chi connectivity index (χ1v) is 13.3. The van der Waals surface area contributed by atoms with Gasteiger partial charge in [0.1, 0.15) is 17.7 Å². The van der Waals surface area contributed by atoms with Gasteiger partial charge < -0.3 is 14.6 Å². The van der Waals surface area contributed by atoms with Gasteiger partial charge in [0.2, 0.25) is 15.9 Å². The van der Waals surface area contributed by atoms with E-state index >= 15 is 0 Å². The van der Waals surface area contributed by atoms with Crippen molar-refractivity contribution in [2.45, 2.75) is 69.7 Å². The molecule has 1 N–H and O–H groups in total. The Labute approximate surface area is 211 Å². The zero-order chi connectivity index (χ0) is 26.5. The first kappa shape index (κ1) is 26.7. The number of rotatable bonds is 6. The van der Waals surface area contributed by atoms with Crippen LogP contribution in [0.25, 0.3) is 0 Å². The molecular formula is C25H31BF2N2O5S. The van der Waals surface area contributed by atoms with E-state index in [-0.39, 0.29) is 23.9 Å². The molecule has 0 radical (unpaired) electrons. The number of sulfonamides is 1. The van der Waals surface area contributed by atoms with Crippen molar-refractivity contribution in [3.63, 3.8) is 0 Å². The molecule has 2 aliphatic rings. The minimum absolute atomic E-state index is 0.00157. The van der Waals surface area contributed by atoms with Crippen molar-refractivity contribution in [1.29, 1.82) is 0 Å². The highest BCUT2D eigenvalue weighted by molar-refractivity contribution is 7.89. The van der Waals surface area contributed by atoms with Gasteiger partial charge in [0.15, 0.2) is 0 Å². The monoisotopic (exact) mass is 520 g/mol. The Morgan fingerprint density at radius 2 is 1.67 bits per heavy atom. The lowest BCUT2D eigenvalue weighted by Crippen LogP contribution is -2.45. The van der Waals surface area contributed by atoms with Crippen LogP contribution in [0.4, 0.5) is 8.78 Å². The highest BCUT2D eigenvalue weighted by Crippen LogP contribution is 2.36. The maximum absolute atomic E-state index is 14.4. The summed E-state index contributed by atoms with van der Waals surface area (Å²) >= 11 is 0. The van der Waals surface area contributed by atoms with E-state index < -0.39 is 51.9 Å². The summed E-state index contributed by atoms with van der Waals surface area (Å²) in [5, 5.41) is 2.75. The fourth-order valence-electron chi connectivity index (χ4n) is 4.45. The van der Waals surface area contributed by atoms with E-state index in [9.17, 15) is 22.0 Å². The zero-order valence-corrected chi connectivity index (χ0v) is 21.9. The second-order valence-electron chi connectivity index (χ2n) is 10.6. The number of hydrogen-bond donors (Lipinski definition) is 1. The van der Waals surface area contributed by atoms with Crippen molar-refractivity contribution in [3.05, 3.63) is 59.7 Å². The zero-order valence-electron chi connectivity index (χ0n) is 21.0. The van der Waals surface area contributed by atoms with Crippen LogP contribution in [0, 0.1) is 17.6 Å². The normalized spacial score (nSPS) is 23.7. The van der Waals surface area contributed by atoms with Crippen molar-refractivity contribution in [2.24, 2.45) is 5.92 Å². The van der Waals surface area contributed by atoms with Crippen molar-refractivity contribution < 1.29 is 31.3 Å². The topological polar surface area (TPSA) is 84.9 Å². The minimum atomic E-state index is -4.00. The summed E-state index contributed by atoms with van der Waals surface area (Å²) in [6.07, 6.45) is 0.342. The van der Waals surface area contributed by atoms with E-state index in [0.717, 1.165) is 16.4 Å². The molecule has 2 atom stereocenters. The maximum Gasteiger partial charge on any atom is 0.494 e. The molecule has 36 heavy (non-hydrogen) atoms. The summed E-state index contributed by atoms with van der Waals surface area (Å²) in [5.74, 6) is -1.57. The molecule has 0 spiro atoms. The maximum atomic E-state index is 14.4. The highest BCUT2D eigenvalue weighted by atomic mass is 32.2. The van der Waals surface area contributed by atoms with Crippen LogP contribution in [0.1, 0.15) is 46.6 Å². The Morgan fingerprint density at radius 1 is 1.06 bits per heavy atom. The molecule has 2 heterocycles. The van der Waals surface area contributed by atoms with E-state index in [1.807, 2.05) is 34.6 Å². The van der Waals surface area contributed by atoms with Gasteiger partial charge in [-0.3, -0.25) is 4.79 Å². The molecule has 1 amide bonds. The Bertz CT molecular complexity index is 1240. The van der Waals surface area contributed by atoms with Crippen molar-refractivity contribution >= 4 is 28.5 Å². The van der Waals surface area contributed by atoms with Gasteiger partial charge in [0.05, 0.1) is 16.1 Å². The quantitative estimate of drug-likeness (QED) is 0.593. The molecule has 7 nitrogen and oxygen atoms in total. The summed E-state index contributed by atoms with van der Waals surface area (Å²) < 4.78 is 67.2. The van der Waals surface area contributed by atoms with Gasteiger partial charge in [-0.2, -0.15) is 4.31 Å². The van der Waals surface area contributed by atoms with Crippen LogP contribution in [0.5, 0.6) is 0 Å². The molecule has 4 rings (SSSR count). The molecule has 0 aliphatic carbocycles. The number of benzene rings is 2. The molecule has 2 aromatic carbocycles. The van der Waals surface area contributed by atoms with Crippen LogP contribution in [-0.2, 0) is 30.7 Å². The lowest BCUT2D eigenvalue weighted by Gasteiger charge is -2.32. The molecule has 11 heteroatoms. The van der Waals surface area contributed by atoms with Crippen LogP contribution < -0.4 is 10.8 Å². The third-order valence-electron chi connectivity index (χ3n) is 7.16. The first-order valence-electron chi connectivity index (χ1n) is 11.9. The van der Waals surface area contributed by atoms with Gasteiger partial charge in [-0.05, 0) is 87.5 Å². The molecule has 1 unspecified atom stereocenters. The SMILES string of the molecule is CC1C[C@@H](C(=O)NCc2cc(F)cc(B3OC(C)(C)C(C)(C)O3)c2)N(S(=O)(=O)c2ccc(F)cc2)C1. The molecule has 2 aliphatic heterocycles. The van der Waals surface area contributed by atoms with Gasteiger partial charge in [0, 0.05) is 13.1 Å². The molecule has 0 bridgehead atoms. The van der Waals surface area contributed by atoms with Crippen LogP contribution in [0.3, 0.4) is 0 Å². The smallest absolute Gasteiger partial charge is 0.399 e. The highest BCUT2D eigenvalue weighted by Gasteiger charge is 2.52. The van der Waals surface area contributed by atoms with Crippen LogP contribution in [-0.4, -0.2) is 49.5 Å². The first-order chi connectivity index (χ1) is 16.7. The average Bonchev–Trinajstić information content (AvgIpc) is 3.28. The fourth-order valence-corrected chi connectivity index (χ4v) is 6.17. The third-order valence-corrected chi connectivity index (χ3v) is 9.05. The predicted octanol–water partition coefficient (Wildman–Crippen LogP) is 2.98. The third kappa shape index (κ3) is 5.20. The number of carbonyl (C=O) groups is 1. The number of nitrogens with zero attached hydrogens (tertiary/aromatic N) is 1. The number of halogens is 2. The molecule has 2 aromatic rings. The number of carbonyl (C=O) groups excluding carboxylic acids is 1. The molecule has 2 saturated heterocycles. The van der Waals surface area contributed by atoms with Crippen molar-refractivity contribution in [3.8, 4) is 0 Å². The van der Waals surface area contributed by atoms with Crippen molar-refractivity contribution in [1.82, 2.24) is 9.62 Å². The van der Waals surface area contributed by atoms with E-state index in [1.165, 1.54) is 24.3 Å². The lowest BCUT2D eigenvalue weighted by atomic mass is 9.78. The number of nitrogens with one attached hydrogen (secondary N) is 1. The molecular weight excluding hydrogens is 489 g/mol. The standard InChI is InChI=1S/C25H31BF2N2O5S/c1-16-10-22(30(15-16)36(32,33)21-8-6-19(27)7-9-21)23(31)29-14-17-11-18(13-20(28)12-17)26-34-24(2,3)25(4,5)35-26/h6-9,11-13,16,22H,10,14-15H2,1-5H3,(H,29,31)/t16?,22-/m0/s1. The predicted molar refractivity (Wildman–Crippen MR) is 132 cm³/mol. The molecule has 0 aromatic heterocycles. The van der Waals surface area contributed by atoms with Gasteiger partial charge >= 0.3 is 7.12 Å². The Balaban J connectivity index is 1.48. The van der Waals surface area contributed by atoms with E-state index in [2.05, 4.69) is 5.32 Å². The Kier molecular flexibility index (Phi) is 7.06. The van der Waals surface area contributed by atoms with Gasteiger partial charge in [-0.25, -0.2) is 17.2 Å². The summed E-state index contributed by atoms with van der Waals surface area (Å²) in [5.41, 5.74) is -0.187. The van der Waals surface area contributed by atoms with E-state index in [4.69, 9.17) is 9.31 Å². The molecule has 2 fully saturated rings. The van der Waals surface area contributed by atoms with Crippen LogP contribution >= 0.6 is 0 Å². The summed E-state index contributed by atoms with van der Waals surface area (Å²) in [4.78, 5) is 13.0. The molecule has 0 saturated carbocycles. The Morgan fingerprint density at radius 3 is 2.28 bits per heavy atom. The van der Waals surface area contributed by atoms with Crippen LogP contribution in [0.2, 0.25) is 0 Å². The van der Waals surface area contributed by atoms with Gasteiger partial charge in [-0.1, -0.05) is 13.0 Å². The summed E-state index contributed by atoms with van der Waals surface area (Å²) in [6.45, 7) is 9.65. The fraction of sp³-hybridized carbons (Fsp3) is 0.480. The molecule has 194 valence electrons. The van der Waals surface area contributed by atoms with Crippen molar-refractivity contribution in [2.75, 3.05) is 6.54 Å². The Hall–Kier alpha value is -2.34.